The molecule has 4 nitrogen and oxygen atoms in total. The van der Waals surface area contributed by atoms with Gasteiger partial charge in [0.25, 0.3) is 0 Å². The van der Waals surface area contributed by atoms with Crippen molar-refractivity contribution in [3.05, 3.63) is 10.7 Å². The second-order valence-electron chi connectivity index (χ2n) is 5.32. The van der Waals surface area contributed by atoms with Gasteiger partial charge in [-0.15, -0.1) is 0 Å². The molecule has 5 heteroatoms. The summed E-state index contributed by atoms with van der Waals surface area (Å²) in [5.41, 5.74) is 5.68. The van der Waals surface area contributed by atoms with Crippen LogP contribution in [0.5, 0.6) is 0 Å². The quantitative estimate of drug-likeness (QED) is 0.911. The van der Waals surface area contributed by atoms with Crippen LogP contribution in [0, 0.1) is 11.8 Å². The van der Waals surface area contributed by atoms with E-state index in [1.807, 2.05) is 0 Å². The van der Waals surface area contributed by atoms with E-state index in [1.54, 1.807) is 6.20 Å². The van der Waals surface area contributed by atoms with Crippen LogP contribution in [-0.4, -0.2) is 23.1 Å². The van der Waals surface area contributed by atoms with Crippen molar-refractivity contribution in [2.75, 3.05) is 23.7 Å². The number of halogens is 1. The van der Waals surface area contributed by atoms with E-state index >= 15 is 0 Å². The Hall–Kier alpha value is -0.840. The van der Waals surface area contributed by atoms with Crippen molar-refractivity contribution in [1.29, 1.82) is 0 Å². The highest BCUT2D eigenvalue weighted by molar-refractivity contribution is 9.10. The molecule has 0 aliphatic carbocycles. The first-order valence-corrected chi connectivity index (χ1v) is 7.40. The molecule has 1 aliphatic rings. The molecule has 0 bridgehead atoms. The Bertz CT molecular complexity index is 408. The molecule has 1 aromatic rings. The van der Waals surface area contributed by atoms with E-state index in [0.29, 0.717) is 5.95 Å². The number of nitrogen functional groups attached to an aromatic ring is 1. The van der Waals surface area contributed by atoms with Crippen LogP contribution in [0.1, 0.15) is 33.1 Å². The Kier molecular flexibility index (Phi) is 4.43. The Morgan fingerprint density at radius 2 is 2.17 bits per heavy atom. The maximum Gasteiger partial charge on any atom is 0.222 e. The molecule has 1 aliphatic heterocycles. The molecule has 2 N–H and O–H groups in total. The number of aromatic nitrogens is 2. The zero-order valence-electron chi connectivity index (χ0n) is 11.1. The lowest BCUT2D eigenvalue weighted by Gasteiger charge is -2.23. The number of anilines is 2. The van der Waals surface area contributed by atoms with Crippen molar-refractivity contribution in [2.45, 2.75) is 33.1 Å². The summed E-state index contributed by atoms with van der Waals surface area (Å²) in [5, 5.41) is 0. The van der Waals surface area contributed by atoms with E-state index < -0.39 is 0 Å². The van der Waals surface area contributed by atoms with Gasteiger partial charge in [-0.1, -0.05) is 13.8 Å². The first-order chi connectivity index (χ1) is 8.58. The molecule has 1 saturated heterocycles. The molecule has 0 spiro atoms. The fourth-order valence-electron chi connectivity index (χ4n) is 2.59. The monoisotopic (exact) mass is 312 g/mol. The summed E-state index contributed by atoms with van der Waals surface area (Å²) in [6.45, 7) is 6.74. The zero-order valence-corrected chi connectivity index (χ0v) is 12.7. The molecule has 0 saturated carbocycles. The van der Waals surface area contributed by atoms with Crippen molar-refractivity contribution in [3.8, 4) is 0 Å². The van der Waals surface area contributed by atoms with Crippen LogP contribution < -0.4 is 10.6 Å². The Balaban J connectivity index is 2.12. The molecule has 0 radical (unpaired) electrons. The van der Waals surface area contributed by atoms with Crippen LogP contribution in [0.15, 0.2) is 10.7 Å². The Morgan fingerprint density at radius 1 is 1.39 bits per heavy atom. The minimum atomic E-state index is 0.345. The van der Waals surface area contributed by atoms with Gasteiger partial charge in [0.05, 0.1) is 4.47 Å². The first-order valence-electron chi connectivity index (χ1n) is 6.61. The van der Waals surface area contributed by atoms with E-state index in [9.17, 15) is 0 Å². The Morgan fingerprint density at radius 3 is 2.89 bits per heavy atom. The summed E-state index contributed by atoms with van der Waals surface area (Å²) in [6, 6.07) is 0. The summed E-state index contributed by atoms with van der Waals surface area (Å²) >= 11 is 3.51. The molecule has 1 atom stereocenters. The van der Waals surface area contributed by atoms with Gasteiger partial charge in [0.2, 0.25) is 5.95 Å². The van der Waals surface area contributed by atoms with Crippen molar-refractivity contribution in [1.82, 2.24) is 9.97 Å². The maximum atomic E-state index is 5.68. The van der Waals surface area contributed by atoms with Gasteiger partial charge in [-0.25, -0.2) is 4.98 Å². The van der Waals surface area contributed by atoms with E-state index in [4.69, 9.17) is 5.73 Å². The molecule has 1 fully saturated rings. The molecule has 0 aromatic carbocycles. The SMILES string of the molecule is CC(C)C1CCCN(c2nc(N)ncc2Br)CC1. The highest BCUT2D eigenvalue weighted by atomic mass is 79.9. The third kappa shape index (κ3) is 3.13. The molecule has 0 amide bonds. The Labute approximate surface area is 117 Å². The minimum absolute atomic E-state index is 0.345. The van der Waals surface area contributed by atoms with Crippen LogP contribution >= 0.6 is 15.9 Å². The summed E-state index contributed by atoms with van der Waals surface area (Å²) in [6.07, 6.45) is 5.50. The molecule has 1 unspecified atom stereocenters. The van der Waals surface area contributed by atoms with Crippen molar-refractivity contribution >= 4 is 27.7 Å². The van der Waals surface area contributed by atoms with E-state index in [0.717, 1.165) is 35.2 Å². The number of hydrogen-bond donors (Lipinski definition) is 1. The van der Waals surface area contributed by atoms with E-state index in [-0.39, 0.29) is 0 Å². The fraction of sp³-hybridized carbons (Fsp3) is 0.692. The second-order valence-corrected chi connectivity index (χ2v) is 6.18. The number of hydrogen-bond acceptors (Lipinski definition) is 4. The summed E-state index contributed by atoms with van der Waals surface area (Å²) in [4.78, 5) is 10.7. The molecular weight excluding hydrogens is 292 g/mol. The van der Waals surface area contributed by atoms with Crippen molar-refractivity contribution < 1.29 is 0 Å². The van der Waals surface area contributed by atoms with E-state index in [1.165, 1.54) is 19.3 Å². The fourth-order valence-corrected chi connectivity index (χ4v) is 3.04. The lowest BCUT2D eigenvalue weighted by Crippen LogP contribution is -2.26. The molecule has 100 valence electrons. The molecule has 2 heterocycles. The van der Waals surface area contributed by atoms with Gasteiger partial charge in [0.1, 0.15) is 5.82 Å². The number of nitrogens with zero attached hydrogens (tertiary/aromatic N) is 3. The van der Waals surface area contributed by atoms with Crippen LogP contribution in [0.25, 0.3) is 0 Å². The van der Waals surface area contributed by atoms with Gasteiger partial charge in [0, 0.05) is 19.3 Å². The molecule has 1 aromatic heterocycles. The summed E-state index contributed by atoms with van der Waals surface area (Å²) < 4.78 is 0.930. The smallest absolute Gasteiger partial charge is 0.222 e. The van der Waals surface area contributed by atoms with Crippen LogP contribution in [-0.2, 0) is 0 Å². The van der Waals surface area contributed by atoms with Crippen LogP contribution in [0.2, 0.25) is 0 Å². The molecule has 18 heavy (non-hydrogen) atoms. The second kappa shape index (κ2) is 5.87. The maximum absolute atomic E-state index is 5.68. The summed E-state index contributed by atoms with van der Waals surface area (Å²) in [5.74, 6) is 2.88. The highest BCUT2D eigenvalue weighted by Crippen LogP contribution is 2.29. The highest BCUT2D eigenvalue weighted by Gasteiger charge is 2.21. The van der Waals surface area contributed by atoms with Gasteiger partial charge in [-0.05, 0) is 47.0 Å². The average molecular weight is 313 g/mol. The lowest BCUT2D eigenvalue weighted by atomic mass is 9.89. The zero-order chi connectivity index (χ0) is 13.1. The van der Waals surface area contributed by atoms with Crippen molar-refractivity contribution in [3.63, 3.8) is 0 Å². The lowest BCUT2D eigenvalue weighted by molar-refractivity contribution is 0.351. The summed E-state index contributed by atoms with van der Waals surface area (Å²) in [7, 11) is 0. The van der Waals surface area contributed by atoms with Gasteiger partial charge in [-0.2, -0.15) is 4.98 Å². The average Bonchev–Trinajstić information content (AvgIpc) is 2.58. The topological polar surface area (TPSA) is 55.0 Å². The predicted molar refractivity (Wildman–Crippen MR) is 78.5 cm³/mol. The number of rotatable bonds is 2. The van der Waals surface area contributed by atoms with Crippen molar-refractivity contribution in [2.24, 2.45) is 11.8 Å². The van der Waals surface area contributed by atoms with Crippen LogP contribution in [0.4, 0.5) is 11.8 Å². The largest absolute Gasteiger partial charge is 0.368 e. The normalized spacial score (nSPS) is 21.1. The third-order valence-corrected chi connectivity index (χ3v) is 4.32. The van der Waals surface area contributed by atoms with E-state index in [2.05, 4.69) is 44.6 Å². The molecular formula is C13H21BrN4. The van der Waals surface area contributed by atoms with Crippen LogP contribution in [0.3, 0.4) is 0 Å². The van der Waals surface area contributed by atoms with Gasteiger partial charge in [-0.3, -0.25) is 0 Å². The first kappa shape index (κ1) is 13.6. The number of nitrogens with two attached hydrogens (primary N) is 1. The van der Waals surface area contributed by atoms with Gasteiger partial charge < -0.3 is 10.6 Å². The minimum Gasteiger partial charge on any atom is -0.368 e. The van der Waals surface area contributed by atoms with Gasteiger partial charge >= 0.3 is 0 Å². The van der Waals surface area contributed by atoms with Gasteiger partial charge in [0.15, 0.2) is 0 Å². The third-order valence-electron chi connectivity index (χ3n) is 3.76. The standard InChI is InChI=1S/C13H21BrN4/c1-9(2)10-4-3-6-18(7-5-10)12-11(14)8-16-13(15)17-12/h8-10H,3-7H2,1-2H3,(H2,15,16,17). The predicted octanol–water partition coefficient (Wildman–Crippen LogP) is 3.08. The molecule has 2 rings (SSSR count).